The molecule has 0 fully saturated rings. The Bertz CT molecular complexity index is 1200. The number of H-pyrrole nitrogens is 1. The van der Waals surface area contributed by atoms with E-state index in [4.69, 9.17) is 4.74 Å². The first kappa shape index (κ1) is 21.3. The van der Waals surface area contributed by atoms with Gasteiger partial charge in [0.15, 0.2) is 5.82 Å². The average molecular weight is 436 g/mol. The van der Waals surface area contributed by atoms with Gasteiger partial charge in [0.05, 0.1) is 5.56 Å². The summed E-state index contributed by atoms with van der Waals surface area (Å²) in [4.78, 5) is 0. The Morgan fingerprint density at radius 3 is 2.47 bits per heavy atom. The Morgan fingerprint density at radius 1 is 0.906 bits per heavy atom. The molecule has 0 atom stereocenters. The normalized spacial score (nSPS) is 11.7. The number of benzene rings is 3. The van der Waals surface area contributed by atoms with E-state index in [1.807, 2.05) is 48.5 Å². The molecule has 0 bridgehead atoms. The average Bonchev–Trinajstić information content (AvgIpc) is 3.30. The molecule has 0 amide bonds. The molecule has 8 heteroatoms. The summed E-state index contributed by atoms with van der Waals surface area (Å²) in [7, 11) is 0. The van der Waals surface area contributed by atoms with Gasteiger partial charge in [-0.15, -0.1) is 10.2 Å². The summed E-state index contributed by atoms with van der Waals surface area (Å²) < 4.78 is 45.0. The van der Waals surface area contributed by atoms with Gasteiger partial charge in [0.25, 0.3) is 0 Å². The van der Waals surface area contributed by atoms with Crippen LogP contribution in [0.25, 0.3) is 17.2 Å². The maximum absolute atomic E-state index is 13.1. The van der Waals surface area contributed by atoms with Crippen molar-refractivity contribution < 1.29 is 17.9 Å². The monoisotopic (exact) mass is 436 g/mol. The maximum atomic E-state index is 13.1. The fourth-order valence-electron chi connectivity index (χ4n) is 3.29. The number of ether oxygens (including phenoxy) is 1. The molecule has 1 heterocycles. The lowest BCUT2D eigenvalue weighted by Crippen LogP contribution is -2.06. The number of aromatic nitrogens is 4. The van der Waals surface area contributed by atoms with Gasteiger partial charge in [-0.1, -0.05) is 65.9 Å². The lowest BCUT2D eigenvalue weighted by atomic mass is 10.0. The molecule has 0 aliphatic carbocycles. The summed E-state index contributed by atoms with van der Waals surface area (Å²) in [5.74, 6) is 1.23. The zero-order chi connectivity index (χ0) is 22.4. The predicted octanol–water partition coefficient (Wildman–Crippen LogP) is 5.57. The molecule has 0 radical (unpaired) electrons. The van der Waals surface area contributed by atoms with Gasteiger partial charge in [-0.3, -0.25) is 0 Å². The van der Waals surface area contributed by atoms with E-state index in [1.165, 1.54) is 18.2 Å². The molecule has 32 heavy (non-hydrogen) atoms. The highest BCUT2D eigenvalue weighted by Gasteiger charge is 2.32. The number of nitrogens with one attached hydrogen (secondary N) is 1. The molecule has 0 saturated carbocycles. The number of nitrogens with zero attached hydrogens (tertiary/aromatic N) is 3. The number of hydrogen-bond acceptors (Lipinski definition) is 4. The molecule has 5 nitrogen and oxygen atoms in total. The molecule has 4 rings (SSSR count). The number of halogens is 3. The fourth-order valence-corrected chi connectivity index (χ4v) is 3.29. The lowest BCUT2D eigenvalue weighted by Gasteiger charge is -2.10. The Morgan fingerprint density at radius 2 is 1.69 bits per heavy atom. The number of rotatable bonds is 7. The van der Waals surface area contributed by atoms with Crippen molar-refractivity contribution in [2.24, 2.45) is 0 Å². The van der Waals surface area contributed by atoms with Crippen molar-refractivity contribution in [2.75, 3.05) is 6.61 Å². The molecule has 3 aromatic carbocycles. The first-order valence-electron chi connectivity index (χ1n) is 9.86. The highest BCUT2D eigenvalue weighted by molar-refractivity contribution is 5.66. The summed E-state index contributed by atoms with van der Waals surface area (Å²) in [5, 5.41) is 14.0. The smallest absolute Gasteiger partial charge is 0.416 e. The van der Waals surface area contributed by atoms with Crippen LogP contribution in [0.2, 0.25) is 0 Å². The molecular weight excluding hydrogens is 417 g/mol. The standard InChI is InChI=1S/C24H19F3N4O/c25-24(26,27)22-12-2-1-7-18(22)10-5-13-32-21-11-4-9-20(16-21)19-8-3-6-17(14-19)15-23-28-30-31-29-23/h1-12,14,16H,13,15H2,(H,28,29,30,31)/b10-5+. The first-order valence-corrected chi connectivity index (χ1v) is 9.86. The van der Waals surface area contributed by atoms with Crippen molar-refractivity contribution in [3.05, 3.63) is 101 Å². The molecular formula is C24H19F3N4O. The van der Waals surface area contributed by atoms with Gasteiger partial charge >= 0.3 is 6.18 Å². The summed E-state index contributed by atoms with van der Waals surface area (Å²) in [6.45, 7) is 0.146. The zero-order valence-electron chi connectivity index (χ0n) is 16.9. The second kappa shape index (κ2) is 9.47. The van der Waals surface area contributed by atoms with Crippen molar-refractivity contribution >= 4 is 6.08 Å². The van der Waals surface area contributed by atoms with Crippen molar-refractivity contribution in [1.82, 2.24) is 20.6 Å². The van der Waals surface area contributed by atoms with Crippen LogP contribution in [0.5, 0.6) is 5.75 Å². The van der Waals surface area contributed by atoms with E-state index < -0.39 is 11.7 Å². The van der Waals surface area contributed by atoms with Gasteiger partial charge in [-0.25, -0.2) is 0 Å². The second-order valence-corrected chi connectivity index (χ2v) is 7.03. The Hall–Kier alpha value is -3.94. The third-order valence-electron chi connectivity index (χ3n) is 4.76. The van der Waals surface area contributed by atoms with Crippen LogP contribution in [-0.4, -0.2) is 27.2 Å². The number of hydrogen-bond donors (Lipinski definition) is 1. The van der Waals surface area contributed by atoms with E-state index in [0.717, 1.165) is 22.8 Å². The van der Waals surface area contributed by atoms with Crippen molar-refractivity contribution in [2.45, 2.75) is 12.6 Å². The molecule has 0 unspecified atom stereocenters. The topological polar surface area (TPSA) is 63.7 Å². The van der Waals surface area contributed by atoms with Crippen LogP contribution in [0.3, 0.4) is 0 Å². The predicted molar refractivity (Wildman–Crippen MR) is 115 cm³/mol. The number of alkyl halides is 3. The van der Waals surface area contributed by atoms with Crippen LogP contribution < -0.4 is 4.74 Å². The largest absolute Gasteiger partial charge is 0.490 e. The molecule has 0 aliphatic heterocycles. The van der Waals surface area contributed by atoms with Crippen LogP contribution in [0.1, 0.15) is 22.5 Å². The van der Waals surface area contributed by atoms with Crippen LogP contribution in [0.4, 0.5) is 13.2 Å². The summed E-state index contributed by atoms with van der Waals surface area (Å²) in [5.41, 5.74) is 2.45. The van der Waals surface area contributed by atoms with E-state index >= 15 is 0 Å². The van der Waals surface area contributed by atoms with Crippen molar-refractivity contribution in [3.63, 3.8) is 0 Å². The van der Waals surface area contributed by atoms with E-state index in [1.54, 1.807) is 12.1 Å². The molecule has 1 aromatic heterocycles. The zero-order valence-corrected chi connectivity index (χ0v) is 16.9. The number of tetrazole rings is 1. The SMILES string of the molecule is FC(F)(F)c1ccccc1/C=C/COc1cccc(-c2cccc(Cc3nn[nH]n3)c2)c1. The highest BCUT2D eigenvalue weighted by atomic mass is 19.4. The van der Waals surface area contributed by atoms with E-state index in [2.05, 4.69) is 20.6 Å². The summed E-state index contributed by atoms with van der Waals surface area (Å²) in [6.07, 6.45) is -0.837. The third kappa shape index (κ3) is 5.40. The third-order valence-corrected chi connectivity index (χ3v) is 4.76. The van der Waals surface area contributed by atoms with E-state index in [-0.39, 0.29) is 12.2 Å². The quantitative estimate of drug-likeness (QED) is 0.412. The van der Waals surface area contributed by atoms with Gasteiger partial charge in [-0.2, -0.15) is 18.4 Å². The van der Waals surface area contributed by atoms with Gasteiger partial charge in [-0.05, 0) is 46.5 Å². The second-order valence-electron chi connectivity index (χ2n) is 7.03. The molecule has 0 saturated heterocycles. The van der Waals surface area contributed by atoms with Crippen molar-refractivity contribution in [3.8, 4) is 16.9 Å². The van der Waals surface area contributed by atoms with Crippen LogP contribution in [-0.2, 0) is 12.6 Å². The van der Waals surface area contributed by atoms with Crippen LogP contribution >= 0.6 is 0 Å². The molecule has 4 aromatic rings. The van der Waals surface area contributed by atoms with Gasteiger partial charge in [0, 0.05) is 6.42 Å². The Balaban J connectivity index is 1.43. The number of aromatic amines is 1. The van der Waals surface area contributed by atoms with E-state index in [0.29, 0.717) is 18.0 Å². The highest BCUT2D eigenvalue weighted by Crippen LogP contribution is 2.32. The first-order chi connectivity index (χ1) is 15.5. The minimum absolute atomic E-state index is 0.107. The van der Waals surface area contributed by atoms with Gasteiger partial charge < -0.3 is 4.74 Å². The van der Waals surface area contributed by atoms with Crippen LogP contribution in [0, 0.1) is 0 Å². The molecule has 1 N–H and O–H groups in total. The van der Waals surface area contributed by atoms with Crippen LogP contribution in [0.15, 0.2) is 78.9 Å². The van der Waals surface area contributed by atoms with Crippen molar-refractivity contribution in [1.29, 1.82) is 0 Å². The fraction of sp³-hybridized carbons (Fsp3) is 0.125. The molecule has 0 spiro atoms. The maximum Gasteiger partial charge on any atom is 0.416 e. The lowest BCUT2D eigenvalue weighted by molar-refractivity contribution is -0.137. The summed E-state index contributed by atoms with van der Waals surface area (Å²) >= 11 is 0. The molecule has 0 aliphatic rings. The minimum Gasteiger partial charge on any atom is -0.490 e. The summed E-state index contributed by atoms with van der Waals surface area (Å²) in [6, 6.07) is 21.0. The van der Waals surface area contributed by atoms with Gasteiger partial charge in [0.2, 0.25) is 0 Å². The molecule has 162 valence electrons. The van der Waals surface area contributed by atoms with Gasteiger partial charge in [0.1, 0.15) is 12.4 Å². The Labute approximate surface area is 182 Å². The van der Waals surface area contributed by atoms with E-state index in [9.17, 15) is 13.2 Å². The Kier molecular flexibility index (Phi) is 6.30. The minimum atomic E-state index is -4.39.